The van der Waals surface area contributed by atoms with Crippen molar-refractivity contribution in [3.05, 3.63) is 52.2 Å². The highest BCUT2D eigenvalue weighted by Gasteiger charge is 2.70. The number of hydrogen-bond acceptors (Lipinski definition) is 7. The van der Waals surface area contributed by atoms with Gasteiger partial charge in [0.2, 0.25) is 0 Å². The molecule has 0 amide bonds. The van der Waals surface area contributed by atoms with E-state index in [-0.39, 0.29) is 17.4 Å². The minimum absolute atomic E-state index is 0.132. The van der Waals surface area contributed by atoms with Crippen LogP contribution in [0.2, 0.25) is 0 Å². The second-order valence-corrected chi connectivity index (χ2v) is 17.6. The molecule has 1 aromatic carbocycles. The molecule has 2 aliphatic heterocycles. The van der Waals surface area contributed by atoms with E-state index in [9.17, 15) is 20.1 Å². The maximum atomic E-state index is 13.0. The first-order valence-corrected chi connectivity index (χ1v) is 17.5. The van der Waals surface area contributed by atoms with Gasteiger partial charge < -0.3 is 34.5 Å². The molecule has 254 valence electrons. The van der Waals surface area contributed by atoms with Crippen molar-refractivity contribution in [2.75, 3.05) is 0 Å². The molecule has 0 radical (unpaired) electrons. The summed E-state index contributed by atoms with van der Waals surface area (Å²) in [6.45, 7) is 17.6. The van der Waals surface area contributed by atoms with Crippen LogP contribution in [0.3, 0.4) is 0 Å². The summed E-state index contributed by atoms with van der Waals surface area (Å²) < 4.78 is 18.7. The molecule has 0 spiro atoms. The number of aliphatic hydroxyl groups is 3. The van der Waals surface area contributed by atoms with E-state index in [0.29, 0.717) is 18.8 Å². The minimum atomic E-state index is -1.24. The molecule has 6 aliphatic rings. The Morgan fingerprint density at radius 1 is 1.09 bits per heavy atom. The molecule has 8 nitrogen and oxygen atoms in total. The van der Waals surface area contributed by atoms with E-state index >= 15 is 0 Å². The number of H-pyrrole nitrogens is 1. The fourth-order valence-corrected chi connectivity index (χ4v) is 11.4. The molecular formula is C39H51NO7. The topological polar surface area (TPSA) is 121 Å². The number of ether oxygens (including phenoxy) is 3. The third-order valence-corrected chi connectivity index (χ3v) is 13.5. The zero-order chi connectivity index (χ0) is 33.9. The van der Waals surface area contributed by atoms with E-state index in [4.69, 9.17) is 14.2 Å². The second-order valence-electron chi connectivity index (χ2n) is 17.6. The van der Waals surface area contributed by atoms with Crippen LogP contribution in [-0.2, 0) is 30.8 Å². The van der Waals surface area contributed by atoms with Crippen LogP contribution in [0.1, 0.15) is 116 Å². The van der Waals surface area contributed by atoms with Gasteiger partial charge in [-0.15, -0.1) is 0 Å². The third-order valence-electron chi connectivity index (χ3n) is 13.5. The number of aliphatic hydroxyl groups excluding tert-OH is 1. The van der Waals surface area contributed by atoms with E-state index < -0.39 is 52.1 Å². The van der Waals surface area contributed by atoms with Crippen molar-refractivity contribution in [1.29, 1.82) is 0 Å². The molecule has 4 N–H and O–H groups in total. The van der Waals surface area contributed by atoms with Gasteiger partial charge in [-0.05, 0) is 132 Å². The van der Waals surface area contributed by atoms with Crippen LogP contribution in [0.15, 0.2) is 29.9 Å². The highest BCUT2D eigenvalue weighted by Crippen LogP contribution is 2.69. The van der Waals surface area contributed by atoms with Gasteiger partial charge in [0.25, 0.3) is 0 Å². The lowest BCUT2D eigenvalue weighted by molar-refractivity contribution is -0.214. The molecule has 1 aromatic heterocycles. The van der Waals surface area contributed by atoms with Crippen LogP contribution in [-0.4, -0.2) is 67.0 Å². The summed E-state index contributed by atoms with van der Waals surface area (Å²) in [5.41, 5.74) is 3.28. The van der Waals surface area contributed by atoms with Crippen molar-refractivity contribution < 1.29 is 34.3 Å². The Balaban J connectivity index is 1.24. The highest BCUT2D eigenvalue weighted by atomic mass is 16.6. The van der Waals surface area contributed by atoms with Crippen LogP contribution in [0.5, 0.6) is 0 Å². The lowest BCUT2D eigenvalue weighted by Crippen LogP contribution is -2.68. The van der Waals surface area contributed by atoms with Crippen molar-refractivity contribution in [1.82, 2.24) is 4.98 Å². The standard InChI is InChI=1S/C39H51NO7/c1-19(41)45-29-17-26-28(46-33(29)35(4,5)43)11-12-37(8)38(9)20(10-13-39(26,37)44)14-24-22-15-23-21(16-27(22)40-32(24)38)25-18-34(2,3)47-36(6,7)30(25)31(23)42/h15-18,20,28-31,33,40,42-44H,10-14H2,1-9H3/t20-,28-,29+,30-,31-,33-,37+,38+,39+/m0/s1. The lowest BCUT2D eigenvalue weighted by atomic mass is 9.42. The van der Waals surface area contributed by atoms with Gasteiger partial charge in [-0.2, -0.15) is 0 Å². The molecule has 3 heterocycles. The Bertz CT molecular complexity index is 1770. The van der Waals surface area contributed by atoms with E-state index in [0.717, 1.165) is 52.4 Å². The zero-order valence-electron chi connectivity index (χ0n) is 29.3. The van der Waals surface area contributed by atoms with Crippen LogP contribution in [0, 0.1) is 17.3 Å². The zero-order valence-corrected chi connectivity index (χ0v) is 29.3. The van der Waals surface area contributed by atoms with Gasteiger partial charge in [0.15, 0.2) is 0 Å². The van der Waals surface area contributed by atoms with Gasteiger partial charge >= 0.3 is 5.97 Å². The number of fused-ring (bicyclic) bond motifs is 12. The normalized spacial score (nSPS) is 41.1. The van der Waals surface area contributed by atoms with Gasteiger partial charge in [0.05, 0.1) is 34.6 Å². The number of esters is 1. The monoisotopic (exact) mass is 645 g/mol. The fourth-order valence-electron chi connectivity index (χ4n) is 11.4. The maximum Gasteiger partial charge on any atom is 0.303 e. The van der Waals surface area contributed by atoms with Crippen molar-refractivity contribution in [3.63, 3.8) is 0 Å². The maximum absolute atomic E-state index is 13.0. The summed E-state index contributed by atoms with van der Waals surface area (Å²) in [4.78, 5) is 16.1. The Labute approximate surface area is 277 Å². The van der Waals surface area contributed by atoms with E-state index in [2.05, 4.69) is 64.7 Å². The van der Waals surface area contributed by atoms with Gasteiger partial charge in [-0.25, -0.2) is 0 Å². The first kappa shape index (κ1) is 31.8. The number of hydrogen-bond donors (Lipinski definition) is 4. The number of aromatic amines is 1. The summed E-state index contributed by atoms with van der Waals surface area (Å²) in [6.07, 6.45) is 5.33. The Morgan fingerprint density at radius 3 is 2.49 bits per heavy atom. The molecule has 47 heavy (non-hydrogen) atoms. The first-order chi connectivity index (χ1) is 21.7. The smallest absolute Gasteiger partial charge is 0.303 e. The summed E-state index contributed by atoms with van der Waals surface area (Å²) in [6, 6.07) is 4.46. The minimum Gasteiger partial charge on any atom is -0.455 e. The largest absolute Gasteiger partial charge is 0.455 e. The summed E-state index contributed by atoms with van der Waals surface area (Å²) >= 11 is 0. The molecule has 8 rings (SSSR count). The van der Waals surface area contributed by atoms with Crippen LogP contribution < -0.4 is 0 Å². The number of rotatable bonds is 2. The predicted octanol–water partition coefficient (Wildman–Crippen LogP) is 5.95. The molecule has 2 fully saturated rings. The number of benzene rings is 1. The highest BCUT2D eigenvalue weighted by molar-refractivity contribution is 5.93. The first-order valence-electron chi connectivity index (χ1n) is 17.5. The van der Waals surface area contributed by atoms with E-state index in [1.165, 1.54) is 18.2 Å². The molecule has 9 atom stereocenters. The summed E-state index contributed by atoms with van der Waals surface area (Å²) in [5.74, 6) is -0.243. The van der Waals surface area contributed by atoms with Crippen molar-refractivity contribution >= 4 is 22.4 Å². The average Bonchev–Trinajstić information content (AvgIpc) is 3.54. The number of aromatic nitrogens is 1. The quantitative estimate of drug-likeness (QED) is 0.235. The predicted molar refractivity (Wildman–Crippen MR) is 179 cm³/mol. The van der Waals surface area contributed by atoms with Gasteiger partial charge in [-0.3, -0.25) is 4.79 Å². The second kappa shape index (κ2) is 9.39. The van der Waals surface area contributed by atoms with Crippen molar-refractivity contribution in [3.8, 4) is 0 Å². The average molecular weight is 646 g/mol. The van der Waals surface area contributed by atoms with Gasteiger partial charge in [0, 0.05) is 40.3 Å². The van der Waals surface area contributed by atoms with E-state index in [1.807, 2.05) is 6.08 Å². The molecular weight excluding hydrogens is 594 g/mol. The molecule has 2 aromatic rings. The fraction of sp³-hybridized carbons (Fsp3) is 0.667. The SMILES string of the molecule is CC(=O)O[C@@H]1C=C2[C@H](CC[C@@]3(C)[C@@]2(O)CC[C@H]2Cc4c([nH]c5cc6c(cc45)[C@H](O)[C@@H]4C6=CC(C)(C)OC4(C)C)[C@@]23C)O[C@@H]1C(C)(C)O. The van der Waals surface area contributed by atoms with Crippen LogP contribution in [0.4, 0.5) is 0 Å². The molecule has 0 unspecified atom stereocenters. The number of carbonyl (C=O) groups is 1. The van der Waals surface area contributed by atoms with E-state index in [1.54, 1.807) is 13.8 Å². The Hall–Kier alpha value is -2.49. The molecule has 0 bridgehead atoms. The van der Waals surface area contributed by atoms with Crippen LogP contribution in [0.25, 0.3) is 16.5 Å². The molecule has 4 aliphatic carbocycles. The summed E-state index contributed by atoms with van der Waals surface area (Å²) in [7, 11) is 0. The van der Waals surface area contributed by atoms with Gasteiger partial charge in [0.1, 0.15) is 12.2 Å². The van der Waals surface area contributed by atoms with Crippen LogP contribution >= 0.6 is 0 Å². The number of nitrogens with one attached hydrogen (secondary N) is 1. The molecule has 8 heteroatoms. The number of carbonyl (C=O) groups excluding carboxylic acids is 1. The molecule has 0 saturated heterocycles. The van der Waals surface area contributed by atoms with Crippen molar-refractivity contribution in [2.45, 2.75) is 147 Å². The Kier molecular flexibility index (Phi) is 6.34. The molecule has 2 saturated carbocycles. The third kappa shape index (κ3) is 4.02. The lowest BCUT2D eigenvalue weighted by Gasteiger charge is -2.65. The Morgan fingerprint density at radius 2 is 1.81 bits per heavy atom. The summed E-state index contributed by atoms with van der Waals surface area (Å²) in [5, 5.41) is 36.8. The van der Waals surface area contributed by atoms with Crippen molar-refractivity contribution in [2.24, 2.45) is 17.3 Å². The van der Waals surface area contributed by atoms with Gasteiger partial charge in [-0.1, -0.05) is 13.8 Å².